The van der Waals surface area contributed by atoms with Crippen molar-refractivity contribution in [3.63, 3.8) is 0 Å². The topological polar surface area (TPSA) is 37.9 Å². The molecule has 0 radical (unpaired) electrons. The van der Waals surface area contributed by atoms with Gasteiger partial charge in [0.25, 0.3) is 0 Å². The molecular weight excluding hydrogens is 293 g/mol. The first kappa shape index (κ1) is 12.9. The maximum atomic E-state index is 12.3. The number of hydrogen-bond donors (Lipinski definition) is 1. The molecule has 2 aromatic carbocycles. The van der Waals surface area contributed by atoms with Gasteiger partial charge in [-0.15, -0.1) is 13.2 Å². The summed E-state index contributed by atoms with van der Waals surface area (Å²) < 4.78 is 41.0. The van der Waals surface area contributed by atoms with Crippen molar-refractivity contribution in [2.75, 3.05) is 0 Å². The summed E-state index contributed by atoms with van der Waals surface area (Å²) in [5, 5.41) is 1.57. The van der Waals surface area contributed by atoms with Crippen molar-refractivity contribution in [3.8, 4) is 5.75 Å². The van der Waals surface area contributed by atoms with E-state index in [0.29, 0.717) is 16.4 Å². The number of H-pyrrole nitrogens is 1. The second-order valence-electron chi connectivity index (χ2n) is 4.96. The molecule has 2 aromatic heterocycles. The first-order chi connectivity index (χ1) is 10.5. The molecule has 2 heterocycles. The largest absolute Gasteiger partial charge is 0.573 e. The highest BCUT2D eigenvalue weighted by Gasteiger charge is 2.31. The molecule has 0 spiro atoms. The molecule has 0 saturated heterocycles. The molecule has 0 bridgehead atoms. The summed E-state index contributed by atoms with van der Waals surface area (Å²) in [7, 11) is 0. The van der Waals surface area contributed by atoms with E-state index < -0.39 is 6.36 Å². The molecule has 0 aliphatic carbocycles. The van der Waals surface area contributed by atoms with Crippen LogP contribution in [0.3, 0.4) is 0 Å². The van der Waals surface area contributed by atoms with Gasteiger partial charge in [-0.2, -0.15) is 0 Å². The van der Waals surface area contributed by atoms with E-state index in [4.69, 9.17) is 0 Å². The van der Waals surface area contributed by atoms with E-state index >= 15 is 0 Å². The minimum Gasteiger partial charge on any atom is -0.406 e. The second kappa shape index (κ2) is 4.37. The molecule has 0 amide bonds. The Hall–Kier alpha value is -2.76. The van der Waals surface area contributed by atoms with Crippen molar-refractivity contribution in [1.82, 2.24) is 9.97 Å². The van der Waals surface area contributed by atoms with Gasteiger partial charge in [-0.3, -0.25) is 0 Å². The fourth-order valence-corrected chi connectivity index (χ4v) is 2.59. The fourth-order valence-electron chi connectivity index (χ4n) is 2.59. The molecule has 1 N–H and O–H groups in total. The number of pyridine rings is 1. The van der Waals surface area contributed by atoms with E-state index in [9.17, 15) is 13.2 Å². The van der Waals surface area contributed by atoms with Crippen LogP contribution in [0, 0.1) is 0 Å². The van der Waals surface area contributed by atoms with Crippen molar-refractivity contribution in [3.05, 3.63) is 48.5 Å². The molecule has 3 nitrogen and oxygen atoms in total. The van der Waals surface area contributed by atoms with Gasteiger partial charge in [0.1, 0.15) is 5.75 Å². The zero-order valence-corrected chi connectivity index (χ0v) is 11.1. The van der Waals surface area contributed by atoms with Crippen LogP contribution < -0.4 is 4.74 Å². The summed E-state index contributed by atoms with van der Waals surface area (Å²) in [6.07, 6.45) is -4.71. The predicted octanol–water partition coefficient (Wildman–Crippen LogP) is 4.77. The molecular formula is C16H9F3N2O. The summed E-state index contributed by atoms with van der Waals surface area (Å²) in [4.78, 5) is 7.70. The Labute approximate surface area is 122 Å². The highest BCUT2D eigenvalue weighted by Crippen LogP contribution is 2.31. The Morgan fingerprint density at radius 1 is 0.955 bits per heavy atom. The average Bonchev–Trinajstić information content (AvgIpc) is 2.80. The Kier molecular flexibility index (Phi) is 2.57. The molecule has 0 aliphatic rings. The van der Waals surface area contributed by atoms with Crippen molar-refractivity contribution in [1.29, 1.82) is 0 Å². The minimum absolute atomic E-state index is 0.254. The van der Waals surface area contributed by atoms with Gasteiger partial charge in [-0.1, -0.05) is 18.2 Å². The van der Waals surface area contributed by atoms with Crippen LogP contribution in [0.15, 0.2) is 48.5 Å². The van der Waals surface area contributed by atoms with E-state index in [0.717, 1.165) is 16.4 Å². The van der Waals surface area contributed by atoms with Gasteiger partial charge < -0.3 is 9.72 Å². The number of benzene rings is 2. The highest BCUT2D eigenvalue weighted by molar-refractivity contribution is 6.08. The van der Waals surface area contributed by atoms with Crippen LogP contribution in [0.25, 0.3) is 32.8 Å². The summed E-state index contributed by atoms with van der Waals surface area (Å²) >= 11 is 0. The third kappa shape index (κ3) is 2.13. The van der Waals surface area contributed by atoms with Crippen LogP contribution in [0.5, 0.6) is 5.75 Å². The number of rotatable bonds is 1. The summed E-state index contributed by atoms with van der Waals surface area (Å²) in [6.45, 7) is 0. The van der Waals surface area contributed by atoms with Gasteiger partial charge in [0.2, 0.25) is 0 Å². The van der Waals surface area contributed by atoms with Crippen molar-refractivity contribution in [2.45, 2.75) is 6.36 Å². The average molecular weight is 302 g/mol. The molecule has 22 heavy (non-hydrogen) atoms. The molecule has 0 unspecified atom stereocenters. The van der Waals surface area contributed by atoms with Crippen molar-refractivity contribution < 1.29 is 17.9 Å². The van der Waals surface area contributed by atoms with Gasteiger partial charge in [0, 0.05) is 16.3 Å². The molecule has 0 fully saturated rings. The van der Waals surface area contributed by atoms with E-state index in [1.807, 2.05) is 30.3 Å². The van der Waals surface area contributed by atoms with E-state index in [-0.39, 0.29) is 5.75 Å². The molecule has 0 aliphatic heterocycles. The van der Waals surface area contributed by atoms with Crippen molar-refractivity contribution in [2.24, 2.45) is 0 Å². The lowest BCUT2D eigenvalue weighted by Gasteiger charge is -2.08. The third-order valence-electron chi connectivity index (χ3n) is 3.47. The zero-order valence-electron chi connectivity index (χ0n) is 11.1. The lowest BCUT2D eigenvalue weighted by atomic mass is 10.2. The second-order valence-corrected chi connectivity index (χ2v) is 4.96. The van der Waals surface area contributed by atoms with E-state index in [1.54, 1.807) is 6.07 Å². The van der Waals surface area contributed by atoms with Gasteiger partial charge >= 0.3 is 6.36 Å². The van der Waals surface area contributed by atoms with Gasteiger partial charge in [0.05, 0.1) is 16.6 Å². The number of fused-ring (bicyclic) bond motifs is 4. The Balaban J connectivity index is 1.98. The first-order valence-corrected chi connectivity index (χ1v) is 6.57. The maximum Gasteiger partial charge on any atom is 0.573 e. The van der Waals surface area contributed by atoms with Crippen molar-refractivity contribution >= 4 is 32.8 Å². The van der Waals surface area contributed by atoms with Gasteiger partial charge in [-0.25, -0.2) is 4.98 Å². The number of nitrogens with one attached hydrogen (secondary N) is 1. The highest BCUT2D eigenvalue weighted by atomic mass is 19.4. The summed E-state index contributed by atoms with van der Waals surface area (Å²) in [6, 6.07) is 13.7. The molecule has 0 atom stereocenters. The monoisotopic (exact) mass is 302 g/mol. The number of alkyl halides is 3. The number of aromatic nitrogens is 2. The van der Waals surface area contributed by atoms with Crippen LogP contribution >= 0.6 is 0 Å². The maximum absolute atomic E-state index is 12.3. The number of aromatic amines is 1. The third-order valence-corrected chi connectivity index (χ3v) is 3.47. The zero-order chi connectivity index (χ0) is 15.3. The molecule has 0 saturated carbocycles. The Morgan fingerprint density at radius 2 is 1.77 bits per heavy atom. The first-order valence-electron chi connectivity index (χ1n) is 6.57. The molecule has 4 rings (SSSR count). The minimum atomic E-state index is -4.71. The molecule has 6 heteroatoms. The van der Waals surface area contributed by atoms with Gasteiger partial charge in [-0.05, 0) is 30.3 Å². The summed E-state index contributed by atoms with van der Waals surface area (Å²) in [5.41, 5.74) is 2.91. The number of ether oxygens (including phenoxy) is 1. The Morgan fingerprint density at radius 3 is 2.59 bits per heavy atom. The predicted molar refractivity (Wildman–Crippen MR) is 77.8 cm³/mol. The smallest absolute Gasteiger partial charge is 0.406 e. The standard InChI is InChI=1S/C16H9F3N2O/c17-16(18,19)22-10-5-6-13-11(8-10)15-14(20-13)7-9-3-1-2-4-12(9)21-15/h1-8,20H. The Bertz CT molecular complexity index is 1000. The number of para-hydroxylation sites is 1. The van der Waals surface area contributed by atoms with Crippen LogP contribution in [0.2, 0.25) is 0 Å². The lowest BCUT2D eigenvalue weighted by molar-refractivity contribution is -0.274. The number of halogens is 3. The number of nitrogens with zero attached hydrogens (tertiary/aromatic N) is 1. The van der Waals surface area contributed by atoms with E-state index in [1.165, 1.54) is 12.1 Å². The lowest BCUT2D eigenvalue weighted by Crippen LogP contribution is -2.16. The van der Waals surface area contributed by atoms with Crippen LogP contribution in [-0.4, -0.2) is 16.3 Å². The summed E-state index contributed by atoms with van der Waals surface area (Å²) in [5.74, 6) is -0.254. The van der Waals surface area contributed by atoms with Crippen LogP contribution in [-0.2, 0) is 0 Å². The normalized spacial score (nSPS) is 12.3. The fraction of sp³-hybridized carbons (Fsp3) is 0.0625. The molecule has 110 valence electrons. The van der Waals surface area contributed by atoms with Crippen LogP contribution in [0.4, 0.5) is 13.2 Å². The van der Waals surface area contributed by atoms with E-state index in [2.05, 4.69) is 14.7 Å². The molecule has 4 aromatic rings. The quantitative estimate of drug-likeness (QED) is 0.550. The SMILES string of the molecule is FC(F)(F)Oc1ccc2[nH]c3cc4ccccc4nc3c2c1. The van der Waals surface area contributed by atoms with Crippen LogP contribution in [0.1, 0.15) is 0 Å². The van der Waals surface area contributed by atoms with Gasteiger partial charge in [0.15, 0.2) is 0 Å². The number of hydrogen-bond acceptors (Lipinski definition) is 2.